The Morgan fingerprint density at radius 3 is 2.66 bits per heavy atom. The highest BCUT2D eigenvalue weighted by Gasteiger charge is 2.17. The van der Waals surface area contributed by atoms with E-state index in [1.807, 2.05) is 44.2 Å². The molecule has 1 fully saturated rings. The monoisotopic (exact) mass is 414 g/mol. The number of nitrogens with zero attached hydrogens (tertiary/aromatic N) is 2. The maximum Gasteiger partial charge on any atom is 0.249 e. The van der Waals surface area contributed by atoms with E-state index >= 15 is 0 Å². The number of halogens is 1. The lowest BCUT2D eigenvalue weighted by Gasteiger charge is -2.22. The number of aryl methyl sites for hydroxylation is 1. The molecule has 0 aliphatic heterocycles. The molecule has 1 aromatic heterocycles. The molecule has 7 heteroatoms. The van der Waals surface area contributed by atoms with Crippen molar-refractivity contribution in [3.05, 3.63) is 52.3 Å². The SMILES string of the molecule is Cc1cc(/C=N/NC(=O)CC(=O)NC2CCCCC2)c(C)n1-c1cccc(Cl)c1. The van der Waals surface area contributed by atoms with Crippen molar-refractivity contribution in [2.75, 3.05) is 0 Å². The van der Waals surface area contributed by atoms with Gasteiger partial charge in [0.15, 0.2) is 0 Å². The van der Waals surface area contributed by atoms with Crippen molar-refractivity contribution in [2.24, 2.45) is 5.10 Å². The van der Waals surface area contributed by atoms with Gasteiger partial charge in [-0.2, -0.15) is 5.10 Å². The van der Waals surface area contributed by atoms with Gasteiger partial charge >= 0.3 is 0 Å². The molecule has 154 valence electrons. The Bertz CT molecular complexity index is 914. The molecule has 1 heterocycles. The van der Waals surface area contributed by atoms with Crippen LogP contribution in [0.15, 0.2) is 35.4 Å². The number of hydrogen-bond acceptors (Lipinski definition) is 3. The zero-order chi connectivity index (χ0) is 20.8. The second-order valence-electron chi connectivity index (χ2n) is 7.51. The number of hydrogen-bond donors (Lipinski definition) is 2. The number of hydrazone groups is 1. The molecule has 0 spiro atoms. The van der Waals surface area contributed by atoms with Crippen LogP contribution in [0.3, 0.4) is 0 Å². The van der Waals surface area contributed by atoms with Crippen LogP contribution in [0, 0.1) is 13.8 Å². The molecule has 0 unspecified atom stereocenters. The average Bonchev–Trinajstić information content (AvgIpc) is 2.96. The minimum absolute atomic E-state index is 0.199. The van der Waals surface area contributed by atoms with Crippen LogP contribution in [0.5, 0.6) is 0 Å². The molecule has 0 radical (unpaired) electrons. The summed E-state index contributed by atoms with van der Waals surface area (Å²) < 4.78 is 2.08. The van der Waals surface area contributed by atoms with Crippen LogP contribution in [0.25, 0.3) is 5.69 Å². The Balaban J connectivity index is 1.57. The number of benzene rings is 1. The molecule has 1 aliphatic rings. The summed E-state index contributed by atoms with van der Waals surface area (Å²) in [6, 6.07) is 9.81. The molecule has 0 saturated heterocycles. The van der Waals surface area contributed by atoms with E-state index in [9.17, 15) is 9.59 Å². The van der Waals surface area contributed by atoms with E-state index < -0.39 is 5.91 Å². The molecule has 1 saturated carbocycles. The number of carbonyl (C=O) groups excluding carboxylic acids is 2. The Morgan fingerprint density at radius 2 is 1.93 bits per heavy atom. The first-order chi connectivity index (χ1) is 13.9. The summed E-state index contributed by atoms with van der Waals surface area (Å²) in [5.41, 5.74) is 6.31. The molecule has 2 aromatic rings. The lowest BCUT2D eigenvalue weighted by Crippen LogP contribution is -2.38. The predicted molar refractivity (Wildman–Crippen MR) is 116 cm³/mol. The third kappa shape index (κ3) is 5.70. The Hall–Kier alpha value is -2.60. The summed E-state index contributed by atoms with van der Waals surface area (Å²) >= 11 is 6.11. The fraction of sp³-hybridized carbons (Fsp3) is 0.409. The normalized spacial score (nSPS) is 14.9. The summed E-state index contributed by atoms with van der Waals surface area (Å²) in [6.45, 7) is 3.98. The molecule has 3 rings (SSSR count). The van der Waals surface area contributed by atoms with Gasteiger partial charge in [0.25, 0.3) is 0 Å². The molecule has 29 heavy (non-hydrogen) atoms. The standard InChI is InChI=1S/C22H27ClN4O2/c1-15-11-17(16(2)27(15)20-10-6-7-18(23)12-20)14-24-26-22(29)13-21(28)25-19-8-4-3-5-9-19/h6-7,10-12,14,19H,3-5,8-9,13H2,1-2H3,(H,25,28)(H,26,29)/b24-14+. The molecular weight excluding hydrogens is 388 g/mol. The van der Waals surface area contributed by atoms with Crippen LogP contribution in [0.4, 0.5) is 0 Å². The summed E-state index contributed by atoms with van der Waals surface area (Å²) in [7, 11) is 0. The van der Waals surface area contributed by atoms with Crippen molar-refractivity contribution < 1.29 is 9.59 Å². The number of amides is 2. The Morgan fingerprint density at radius 1 is 1.17 bits per heavy atom. The first-order valence-electron chi connectivity index (χ1n) is 10.00. The van der Waals surface area contributed by atoms with Crippen LogP contribution >= 0.6 is 11.6 Å². The van der Waals surface area contributed by atoms with Gasteiger partial charge in [-0.1, -0.05) is 36.9 Å². The molecule has 1 aromatic carbocycles. The van der Waals surface area contributed by atoms with Gasteiger partial charge in [-0.3, -0.25) is 9.59 Å². The van der Waals surface area contributed by atoms with E-state index in [2.05, 4.69) is 20.4 Å². The van der Waals surface area contributed by atoms with Crippen LogP contribution in [-0.2, 0) is 9.59 Å². The van der Waals surface area contributed by atoms with Crippen molar-refractivity contribution in [2.45, 2.75) is 58.4 Å². The second kappa shape index (κ2) is 9.74. The van der Waals surface area contributed by atoms with E-state index in [-0.39, 0.29) is 18.4 Å². The fourth-order valence-corrected chi connectivity index (χ4v) is 4.00. The average molecular weight is 415 g/mol. The maximum absolute atomic E-state index is 12.0. The smallest absolute Gasteiger partial charge is 0.249 e. The minimum atomic E-state index is -0.418. The highest BCUT2D eigenvalue weighted by molar-refractivity contribution is 6.30. The van der Waals surface area contributed by atoms with Gasteiger partial charge in [-0.15, -0.1) is 0 Å². The van der Waals surface area contributed by atoms with E-state index in [1.54, 1.807) is 6.21 Å². The summed E-state index contributed by atoms with van der Waals surface area (Å²) in [6.07, 6.45) is 6.86. The molecule has 6 nitrogen and oxygen atoms in total. The zero-order valence-corrected chi connectivity index (χ0v) is 17.6. The van der Waals surface area contributed by atoms with Gasteiger partial charge in [-0.05, 0) is 51.0 Å². The molecule has 0 atom stereocenters. The number of carbonyl (C=O) groups is 2. The van der Waals surface area contributed by atoms with E-state index in [0.717, 1.165) is 48.3 Å². The van der Waals surface area contributed by atoms with Gasteiger partial charge in [0.2, 0.25) is 11.8 Å². The van der Waals surface area contributed by atoms with Crippen molar-refractivity contribution in [1.29, 1.82) is 0 Å². The topological polar surface area (TPSA) is 75.5 Å². The third-order valence-electron chi connectivity index (χ3n) is 5.22. The molecule has 1 aliphatic carbocycles. The number of nitrogens with one attached hydrogen (secondary N) is 2. The van der Waals surface area contributed by atoms with Crippen LogP contribution in [0.1, 0.15) is 55.5 Å². The predicted octanol–water partition coefficient (Wildman–Crippen LogP) is 4.04. The summed E-state index contributed by atoms with van der Waals surface area (Å²) in [5, 5.41) is 7.63. The molecule has 2 amide bonds. The van der Waals surface area contributed by atoms with E-state index in [0.29, 0.717) is 5.02 Å². The first kappa shape index (κ1) is 21.1. The van der Waals surface area contributed by atoms with Crippen molar-refractivity contribution in [3.63, 3.8) is 0 Å². The van der Waals surface area contributed by atoms with E-state index in [4.69, 9.17) is 11.6 Å². The van der Waals surface area contributed by atoms with Gasteiger partial charge in [0.1, 0.15) is 6.42 Å². The number of aromatic nitrogens is 1. The van der Waals surface area contributed by atoms with Crippen LogP contribution in [0.2, 0.25) is 5.02 Å². The summed E-state index contributed by atoms with van der Waals surface area (Å²) in [5.74, 6) is -0.665. The molecular formula is C22H27ClN4O2. The maximum atomic E-state index is 12.0. The second-order valence-corrected chi connectivity index (χ2v) is 7.95. The molecule has 2 N–H and O–H groups in total. The Labute approximate surface area is 176 Å². The highest BCUT2D eigenvalue weighted by Crippen LogP contribution is 2.22. The van der Waals surface area contributed by atoms with E-state index in [1.165, 1.54) is 6.42 Å². The van der Waals surface area contributed by atoms with Gasteiger partial charge in [0.05, 0.1) is 6.21 Å². The van der Waals surface area contributed by atoms with Gasteiger partial charge in [0, 0.05) is 33.7 Å². The van der Waals surface area contributed by atoms with Crippen molar-refractivity contribution in [3.8, 4) is 5.69 Å². The zero-order valence-electron chi connectivity index (χ0n) is 16.9. The van der Waals surface area contributed by atoms with Crippen LogP contribution < -0.4 is 10.7 Å². The summed E-state index contributed by atoms with van der Waals surface area (Å²) in [4.78, 5) is 24.0. The third-order valence-corrected chi connectivity index (χ3v) is 5.46. The first-order valence-corrected chi connectivity index (χ1v) is 10.4. The fourth-order valence-electron chi connectivity index (χ4n) is 3.82. The Kier molecular flexibility index (Phi) is 7.09. The quantitative estimate of drug-likeness (QED) is 0.425. The number of rotatable bonds is 6. The lowest BCUT2D eigenvalue weighted by molar-refractivity contribution is -0.129. The van der Waals surface area contributed by atoms with Gasteiger partial charge < -0.3 is 9.88 Å². The lowest BCUT2D eigenvalue weighted by atomic mass is 9.95. The van der Waals surface area contributed by atoms with Crippen LogP contribution in [-0.4, -0.2) is 28.6 Å². The van der Waals surface area contributed by atoms with Gasteiger partial charge in [-0.25, -0.2) is 5.43 Å². The minimum Gasteiger partial charge on any atom is -0.353 e. The van der Waals surface area contributed by atoms with Crippen molar-refractivity contribution >= 4 is 29.6 Å². The van der Waals surface area contributed by atoms with Crippen molar-refractivity contribution in [1.82, 2.24) is 15.3 Å². The molecule has 0 bridgehead atoms. The largest absolute Gasteiger partial charge is 0.353 e. The highest BCUT2D eigenvalue weighted by atomic mass is 35.5.